The molecule has 0 saturated heterocycles. The number of hydrogen-bond acceptors (Lipinski definition) is 3. The standard InChI is InChI=1S/C17H27NO2/c1-5-10-19-13-8-9-14-15(18-4)12-17(6-2,7-3)20-16(14)11-13/h8-9,11,15,18H,5-7,10,12H2,1-4H3. The lowest BCUT2D eigenvalue weighted by Gasteiger charge is -2.41. The number of benzene rings is 1. The highest BCUT2D eigenvalue weighted by atomic mass is 16.5. The molecule has 0 aliphatic carbocycles. The van der Waals surface area contributed by atoms with Crippen molar-refractivity contribution in [3.63, 3.8) is 0 Å². The predicted octanol–water partition coefficient (Wildman–Crippen LogP) is 4.08. The minimum atomic E-state index is -0.0515. The van der Waals surface area contributed by atoms with Crippen LogP contribution in [0.4, 0.5) is 0 Å². The van der Waals surface area contributed by atoms with Gasteiger partial charge in [0.05, 0.1) is 6.61 Å². The summed E-state index contributed by atoms with van der Waals surface area (Å²) < 4.78 is 12.1. The van der Waals surface area contributed by atoms with Crippen molar-refractivity contribution < 1.29 is 9.47 Å². The van der Waals surface area contributed by atoms with Crippen LogP contribution in [-0.4, -0.2) is 19.3 Å². The average molecular weight is 277 g/mol. The van der Waals surface area contributed by atoms with Gasteiger partial charge in [0.15, 0.2) is 0 Å². The first-order valence-electron chi connectivity index (χ1n) is 7.81. The number of ether oxygens (including phenoxy) is 2. The molecule has 0 radical (unpaired) electrons. The molecule has 1 aromatic rings. The van der Waals surface area contributed by atoms with Crippen molar-refractivity contribution in [2.45, 2.75) is 58.1 Å². The molecular formula is C17H27NO2. The highest BCUT2D eigenvalue weighted by Gasteiger charge is 2.37. The lowest BCUT2D eigenvalue weighted by Crippen LogP contribution is -2.42. The van der Waals surface area contributed by atoms with E-state index in [0.717, 1.165) is 43.8 Å². The molecule has 1 heterocycles. The zero-order valence-electron chi connectivity index (χ0n) is 13.2. The van der Waals surface area contributed by atoms with Gasteiger partial charge >= 0.3 is 0 Å². The molecule has 0 amide bonds. The summed E-state index contributed by atoms with van der Waals surface area (Å²) in [5.41, 5.74) is 1.19. The molecule has 0 aromatic heterocycles. The molecule has 3 nitrogen and oxygen atoms in total. The Morgan fingerprint density at radius 3 is 2.65 bits per heavy atom. The van der Waals surface area contributed by atoms with Crippen molar-refractivity contribution in [3.05, 3.63) is 23.8 Å². The normalized spacial score (nSPS) is 20.1. The first-order chi connectivity index (χ1) is 9.68. The molecule has 1 aliphatic rings. The van der Waals surface area contributed by atoms with E-state index in [1.165, 1.54) is 5.56 Å². The third kappa shape index (κ3) is 2.93. The van der Waals surface area contributed by atoms with Gasteiger partial charge in [-0.15, -0.1) is 0 Å². The maximum Gasteiger partial charge on any atom is 0.128 e. The Labute approximate surface area is 122 Å². The molecule has 0 fully saturated rings. The second-order valence-electron chi connectivity index (χ2n) is 5.59. The van der Waals surface area contributed by atoms with Crippen LogP contribution in [0.15, 0.2) is 18.2 Å². The fraction of sp³-hybridized carbons (Fsp3) is 0.647. The van der Waals surface area contributed by atoms with Crippen LogP contribution in [0.25, 0.3) is 0 Å². The quantitative estimate of drug-likeness (QED) is 0.850. The Morgan fingerprint density at radius 1 is 1.30 bits per heavy atom. The highest BCUT2D eigenvalue weighted by molar-refractivity contribution is 5.44. The van der Waals surface area contributed by atoms with Crippen molar-refractivity contribution >= 4 is 0 Å². The summed E-state index contributed by atoms with van der Waals surface area (Å²) in [7, 11) is 2.03. The molecule has 0 bridgehead atoms. The zero-order chi connectivity index (χ0) is 14.6. The predicted molar refractivity (Wildman–Crippen MR) is 82.6 cm³/mol. The summed E-state index contributed by atoms with van der Waals surface area (Å²) in [4.78, 5) is 0. The second-order valence-corrected chi connectivity index (χ2v) is 5.59. The van der Waals surface area contributed by atoms with Crippen LogP contribution in [0.2, 0.25) is 0 Å². The minimum Gasteiger partial charge on any atom is -0.493 e. The Kier molecular flexibility index (Phi) is 4.92. The summed E-state index contributed by atoms with van der Waals surface area (Å²) in [5, 5.41) is 3.43. The third-order valence-electron chi connectivity index (χ3n) is 4.37. The van der Waals surface area contributed by atoms with Gasteiger partial charge in [0.1, 0.15) is 17.1 Å². The summed E-state index contributed by atoms with van der Waals surface area (Å²) in [5.74, 6) is 1.89. The van der Waals surface area contributed by atoms with Gasteiger partial charge in [-0.25, -0.2) is 0 Å². The van der Waals surface area contributed by atoms with Crippen LogP contribution in [0.1, 0.15) is 58.1 Å². The van der Waals surface area contributed by atoms with Gasteiger partial charge in [-0.3, -0.25) is 0 Å². The molecule has 1 unspecified atom stereocenters. The number of fused-ring (bicyclic) bond motifs is 1. The molecule has 112 valence electrons. The minimum absolute atomic E-state index is 0.0515. The van der Waals surface area contributed by atoms with E-state index in [1.54, 1.807) is 0 Å². The fourth-order valence-electron chi connectivity index (χ4n) is 2.90. The van der Waals surface area contributed by atoms with Gasteiger partial charge in [0, 0.05) is 24.1 Å². The van der Waals surface area contributed by atoms with Crippen molar-refractivity contribution in [1.29, 1.82) is 0 Å². The van der Waals surface area contributed by atoms with E-state index in [0.29, 0.717) is 6.04 Å². The zero-order valence-corrected chi connectivity index (χ0v) is 13.2. The van der Waals surface area contributed by atoms with Crippen molar-refractivity contribution in [2.75, 3.05) is 13.7 Å². The lowest BCUT2D eigenvalue weighted by molar-refractivity contribution is 0.0236. The SMILES string of the molecule is CCCOc1ccc2c(c1)OC(CC)(CC)CC2NC. The Bertz CT molecular complexity index is 441. The first kappa shape index (κ1) is 15.2. The molecule has 2 rings (SSSR count). The fourth-order valence-corrected chi connectivity index (χ4v) is 2.90. The maximum absolute atomic E-state index is 6.35. The topological polar surface area (TPSA) is 30.5 Å². The average Bonchev–Trinajstić information content (AvgIpc) is 2.51. The van der Waals surface area contributed by atoms with E-state index in [1.807, 2.05) is 13.1 Å². The van der Waals surface area contributed by atoms with Gasteiger partial charge in [-0.1, -0.05) is 26.8 Å². The second kappa shape index (κ2) is 6.49. The van der Waals surface area contributed by atoms with Crippen LogP contribution >= 0.6 is 0 Å². The molecule has 20 heavy (non-hydrogen) atoms. The van der Waals surface area contributed by atoms with E-state index >= 15 is 0 Å². The van der Waals surface area contributed by atoms with Gasteiger partial charge in [0.2, 0.25) is 0 Å². The monoisotopic (exact) mass is 277 g/mol. The van der Waals surface area contributed by atoms with Crippen LogP contribution in [0.5, 0.6) is 11.5 Å². The Hall–Kier alpha value is -1.22. The van der Waals surface area contributed by atoms with Crippen LogP contribution in [0.3, 0.4) is 0 Å². The van der Waals surface area contributed by atoms with E-state index in [9.17, 15) is 0 Å². The van der Waals surface area contributed by atoms with Crippen LogP contribution < -0.4 is 14.8 Å². The molecule has 0 saturated carbocycles. The molecule has 1 aromatic carbocycles. The molecule has 3 heteroatoms. The molecule has 1 atom stereocenters. The van der Waals surface area contributed by atoms with Crippen LogP contribution in [0, 0.1) is 0 Å². The molecule has 0 spiro atoms. The van der Waals surface area contributed by atoms with Crippen molar-refractivity contribution in [3.8, 4) is 11.5 Å². The van der Waals surface area contributed by atoms with E-state index in [2.05, 4.69) is 38.2 Å². The first-order valence-corrected chi connectivity index (χ1v) is 7.81. The largest absolute Gasteiger partial charge is 0.493 e. The molecule has 1 aliphatic heterocycles. The van der Waals surface area contributed by atoms with Crippen molar-refractivity contribution in [2.24, 2.45) is 0 Å². The maximum atomic E-state index is 6.35. The Balaban J connectivity index is 2.31. The van der Waals surface area contributed by atoms with Gasteiger partial charge in [-0.05, 0) is 32.4 Å². The van der Waals surface area contributed by atoms with Gasteiger partial charge in [0.25, 0.3) is 0 Å². The van der Waals surface area contributed by atoms with Gasteiger partial charge < -0.3 is 14.8 Å². The summed E-state index contributed by atoms with van der Waals surface area (Å²) in [6.45, 7) is 7.28. The van der Waals surface area contributed by atoms with Crippen molar-refractivity contribution in [1.82, 2.24) is 5.32 Å². The number of hydrogen-bond donors (Lipinski definition) is 1. The lowest BCUT2D eigenvalue weighted by atomic mass is 9.83. The summed E-state index contributed by atoms with van der Waals surface area (Å²) >= 11 is 0. The number of nitrogens with one attached hydrogen (secondary N) is 1. The summed E-state index contributed by atoms with van der Waals surface area (Å²) in [6.07, 6.45) is 4.10. The van der Waals surface area contributed by atoms with Crippen LogP contribution in [-0.2, 0) is 0 Å². The van der Waals surface area contributed by atoms with E-state index in [-0.39, 0.29) is 5.60 Å². The molecular weight excluding hydrogens is 250 g/mol. The van der Waals surface area contributed by atoms with Gasteiger partial charge in [-0.2, -0.15) is 0 Å². The summed E-state index contributed by atoms with van der Waals surface area (Å²) in [6, 6.07) is 6.59. The highest BCUT2D eigenvalue weighted by Crippen LogP contribution is 2.43. The third-order valence-corrected chi connectivity index (χ3v) is 4.37. The smallest absolute Gasteiger partial charge is 0.128 e. The van der Waals surface area contributed by atoms with E-state index < -0.39 is 0 Å². The Morgan fingerprint density at radius 2 is 2.05 bits per heavy atom. The van der Waals surface area contributed by atoms with E-state index in [4.69, 9.17) is 9.47 Å². The number of rotatable bonds is 6. The molecule has 1 N–H and O–H groups in total.